The topological polar surface area (TPSA) is 57.5 Å². The lowest BCUT2D eigenvalue weighted by Crippen LogP contribution is -2.31. The van der Waals surface area contributed by atoms with E-state index in [1.165, 1.54) is 5.56 Å². The van der Waals surface area contributed by atoms with Gasteiger partial charge in [0.05, 0.1) is 12.1 Å². The lowest BCUT2D eigenvalue weighted by atomic mass is 10.1. The fourth-order valence-electron chi connectivity index (χ4n) is 4.45. The molecule has 0 N–H and O–H groups in total. The van der Waals surface area contributed by atoms with Crippen LogP contribution in [0.4, 0.5) is 4.79 Å². The molecule has 4 rings (SSSR count). The fourth-order valence-corrected chi connectivity index (χ4v) is 4.45. The third kappa shape index (κ3) is 4.59. The second-order valence-electron chi connectivity index (χ2n) is 9.78. The quantitative estimate of drug-likeness (QED) is 0.235. The fraction of sp³-hybridized carbons (Fsp3) is 0.464. The van der Waals surface area contributed by atoms with Crippen LogP contribution < -0.4 is 9.25 Å². The standard InChI is InChI=1S/C28H36N3O3/c1-7-10-11-16-33-20-12-13-21-22-14-15-30-25(17-19(8-2)23(9-3)29-30)26(22)31(24(21)18-20)27(32)34-28(4,5)6/h12-15,17-18H,7-11,16H2,1-6H3/q+1. The molecule has 34 heavy (non-hydrogen) atoms. The molecule has 0 fully saturated rings. The first-order valence-corrected chi connectivity index (χ1v) is 12.4. The molecular formula is C28H36N3O3+. The number of benzene rings is 1. The average molecular weight is 463 g/mol. The molecule has 180 valence electrons. The Bertz CT molecular complexity index is 1350. The summed E-state index contributed by atoms with van der Waals surface area (Å²) in [6, 6.07) is 10.2. The number of unbranched alkanes of at least 4 members (excludes halogenated alkanes) is 2. The van der Waals surface area contributed by atoms with Gasteiger partial charge in [0.2, 0.25) is 6.20 Å². The molecule has 0 saturated heterocycles. The van der Waals surface area contributed by atoms with E-state index in [1.807, 2.05) is 55.7 Å². The number of aromatic nitrogens is 3. The number of hydrogen-bond donors (Lipinski definition) is 0. The maximum absolute atomic E-state index is 13.6. The van der Waals surface area contributed by atoms with Crippen LogP contribution in [0.2, 0.25) is 0 Å². The first-order valence-electron chi connectivity index (χ1n) is 12.4. The van der Waals surface area contributed by atoms with Crippen molar-refractivity contribution in [2.45, 2.75) is 79.2 Å². The molecule has 3 heterocycles. The molecule has 0 radical (unpaired) electrons. The first kappa shape index (κ1) is 24.0. The van der Waals surface area contributed by atoms with Crippen LogP contribution in [-0.4, -0.2) is 28.0 Å². The van der Waals surface area contributed by atoms with Crippen LogP contribution in [0, 0.1) is 0 Å². The van der Waals surface area contributed by atoms with Gasteiger partial charge in [0.15, 0.2) is 0 Å². The highest BCUT2D eigenvalue weighted by molar-refractivity contribution is 6.16. The summed E-state index contributed by atoms with van der Waals surface area (Å²) in [6.07, 6.45) is 6.61. The number of carbonyl (C=O) groups is 1. The summed E-state index contributed by atoms with van der Waals surface area (Å²) in [6.45, 7) is 12.8. The molecule has 6 nitrogen and oxygen atoms in total. The van der Waals surface area contributed by atoms with Crippen molar-refractivity contribution in [1.82, 2.24) is 9.67 Å². The molecule has 4 aromatic rings. The van der Waals surface area contributed by atoms with E-state index in [0.717, 1.165) is 70.9 Å². The zero-order valence-electron chi connectivity index (χ0n) is 21.3. The van der Waals surface area contributed by atoms with Gasteiger partial charge in [-0.3, -0.25) is 0 Å². The first-order chi connectivity index (χ1) is 16.3. The van der Waals surface area contributed by atoms with Gasteiger partial charge in [-0.05, 0) is 57.7 Å². The maximum Gasteiger partial charge on any atom is 0.419 e. The van der Waals surface area contributed by atoms with Crippen molar-refractivity contribution in [2.24, 2.45) is 0 Å². The van der Waals surface area contributed by atoms with Crippen molar-refractivity contribution in [3.63, 3.8) is 0 Å². The van der Waals surface area contributed by atoms with Crippen molar-refractivity contribution in [3.05, 3.63) is 47.8 Å². The van der Waals surface area contributed by atoms with Crippen LogP contribution in [0.3, 0.4) is 0 Å². The van der Waals surface area contributed by atoms with Gasteiger partial charge in [-0.25, -0.2) is 9.36 Å². The zero-order chi connectivity index (χ0) is 24.5. The molecular weight excluding hydrogens is 426 g/mol. The number of nitrogens with zero attached hydrogens (tertiary/aromatic N) is 3. The van der Waals surface area contributed by atoms with Crippen LogP contribution in [0.1, 0.15) is 72.1 Å². The van der Waals surface area contributed by atoms with E-state index >= 15 is 0 Å². The Balaban J connectivity index is 1.99. The molecule has 6 heteroatoms. The van der Waals surface area contributed by atoms with Crippen LogP contribution in [0.15, 0.2) is 36.5 Å². The van der Waals surface area contributed by atoms with E-state index in [4.69, 9.17) is 14.6 Å². The highest BCUT2D eigenvalue weighted by atomic mass is 16.6. The third-order valence-corrected chi connectivity index (χ3v) is 6.07. The minimum atomic E-state index is -0.617. The molecule has 0 atom stereocenters. The summed E-state index contributed by atoms with van der Waals surface area (Å²) < 4.78 is 15.4. The van der Waals surface area contributed by atoms with Crippen molar-refractivity contribution in [3.8, 4) is 5.75 Å². The molecule has 0 unspecified atom stereocenters. The van der Waals surface area contributed by atoms with Gasteiger partial charge >= 0.3 is 6.09 Å². The zero-order valence-corrected chi connectivity index (χ0v) is 21.3. The van der Waals surface area contributed by atoms with Gasteiger partial charge in [0.1, 0.15) is 22.6 Å². The second-order valence-corrected chi connectivity index (χ2v) is 9.78. The number of hydrogen-bond acceptors (Lipinski definition) is 4. The molecule has 0 amide bonds. The number of pyridine rings is 1. The van der Waals surface area contributed by atoms with Crippen molar-refractivity contribution >= 4 is 33.4 Å². The van der Waals surface area contributed by atoms with Gasteiger partial charge in [-0.2, -0.15) is 0 Å². The van der Waals surface area contributed by atoms with Gasteiger partial charge in [-0.15, -0.1) is 0 Å². The molecule has 0 aliphatic rings. The van der Waals surface area contributed by atoms with Gasteiger partial charge in [0.25, 0.3) is 5.52 Å². The van der Waals surface area contributed by atoms with E-state index in [-0.39, 0.29) is 0 Å². The highest BCUT2D eigenvalue weighted by Gasteiger charge is 2.27. The SMILES string of the molecule is CCCCCOc1ccc2c3cc[n+]4nc(CC)c(CC)cc4c3n(C(=O)OC(C)(C)C)c2c1. The number of aryl methyl sites for hydroxylation is 2. The summed E-state index contributed by atoms with van der Waals surface area (Å²) in [4.78, 5) is 13.6. The lowest BCUT2D eigenvalue weighted by Gasteiger charge is -2.20. The van der Waals surface area contributed by atoms with Gasteiger partial charge in [0, 0.05) is 34.1 Å². The van der Waals surface area contributed by atoms with Crippen LogP contribution in [-0.2, 0) is 17.6 Å². The largest absolute Gasteiger partial charge is 0.494 e. The summed E-state index contributed by atoms with van der Waals surface area (Å²) in [7, 11) is 0. The summed E-state index contributed by atoms with van der Waals surface area (Å²) >= 11 is 0. The van der Waals surface area contributed by atoms with Crippen molar-refractivity contribution in [1.29, 1.82) is 0 Å². The number of fused-ring (bicyclic) bond motifs is 5. The molecule has 3 aromatic heterocycles. The molecule has 0 aliphatic heterocycles. The second kappa shape index (κ2) is 9.61. The Hall–Kier alpha value is -3.15. The summed E-state index contributed by atoms with van der Waals surface area (Å²) in [5.41, 5.74) is 4.12. The normalized spacial score (nSPS) is 12.1. The van der Waals surface area contributed by atoms with Gasteiger partial charge in [-0.1, -0.05) is 38.1 Å². The smallest absolute Gasteiger partial charge is 0.419 e. The van der Waals surface area contributed by atoms with E-state index < -0.39 is 11.7 Å². The Kier molecular flexibility index (Phi) is 6.78. The highest BCUT2D eigenvalue weighted by Crippen LogP contribution is 2.34. The number of ether oxygens (including phenoxy) is 2. The van der Waals surface area contributed by atoms with E-state index in [1.54, 1.807) is 4.57 Å². The van der Waals surface area contributed by atoms with Crippen molar-refractivity contribution < 1.29 is 18.8 Å². The Morgan fingerprint density at radius 3 is 2.50 bits per heavy atom. The Morgan fingerprint density at radius 1 is 1.03 bits per heavy atom. The maximum atomic E-state index is 13.6. The van der Waals surface area contributed by atoms with Crippen LogP contribution in [0.25, 0.3) is 27.3 Å². The minimum absolute atomic E-state index is 0.402. The predicted molar refractivity (Wildman–Crippen MR) is 136 cm³/mol. The van der Waals surface area contributed by atoms with E-state index in [0.29, 0.717) is 6.61 Å². The molecule has 0 saturated carbocycles. The molecule has 0 bridgehead atoms. The Labute approximate surface area is 201 Å². The monoisotopic (exact) mass is 462 g/mol. The molecule has 1 aromatic carbocycles. The third-order valence-electron chi connectivity index (χ3n) is 6.07. The average Bonchev–Trinajstić information content (AvgIpc) is 3.14. The van der Waals surface area contributed by atoms with E-state index in [9.17, 15) is 4.79 Å². The summed E-state index contributed by atoms with van der Waals surface area (Å²) in [5, 5.41) is 6.84. The number of carbonyl (C=O) groups excluding carboxylic acids is 1. The lowest BCUT2D eigenvalue weighted by molar-refractivity contribution is -0.580. The molecule has 0 aliphatic carbocycles. The Morgan fingerprint density at radius 2 is 1.82 bits per heavy atom. The molecule has 0 spiro atoms. The van der Waals surface area contributed by atoms with Crippen LogP contribution in [0.5, 0.6) is 5.75 Å². The van der Waals surface area contributed by atoms with Crippen molar-refractivity contribution in [2.75, 3.05) is 6.61 Å². The van der Waals surface area contributed by atoms with E-state index in [2.05, 4.69) is 26.8 Å². The van der Waals surface area contributed by atoms with Crippen LogP contribution >= 0.6 is 0 Å². The van der Waals surface area contributed by atoms with Gasteiger partial charge < -0.3 is 9.47 Å². The minimum Gasteiger partial charge on any atom is -0.494 e. The number of rotatable bonds is 7. The predicted octanol–water partition coefficient (Wildman–Crippen LogP) is 6.41. The summed E-state index contributed by atoms with van der Waals surface area (Å²) in [5.74, 6) is 0.758.